The maximum Gasteiger partial charge on any atom is 0.253 e. The monoisotopic (exact) mass is 446 g/mol. The van der Waals surface area contributed by atoms with Gasteiger partial charge in [0.1, 0.15) is 0 Å². The van der Waals surface area contributed by atoms with Crippen molar-refractivity contribution in [3.63, 3.8) is 0 Å². The Labute approximate surface area is 196 Å². The van der Waals surface area contributed by atoms with Crippen LogP contribution in [0.15, 0.2) is 48.8 Å². The van der Waals surface area contributed by atoms with E-state index in [9.17, 15) is 9.59 Å². The van der Waals surface area contributed by atoms with Gasteiger partial charge in [0.2, 0.25) is 5.91 Å². The molecule has 0 N–H and O–H groups in total. The van der Waals surface area contributed by atoms with Crippen molar-refractivity contribution in [1.29, 1.82) is 0 Å². The highest BCUT2D eigenvalue weighted by Crippen LogP contribution is 2.57. The van der Waals surface area contributed by atoms with Crippen molar-refractivity contribution in [2.75, 3.05) is 39.8 Å². The van der Waals surface area contributed by atoms with Crippen molar-refractivity contribution in [2.24, 2.45) is 10.8 Å². The zero-order valence-electron chi connectivity index (χ0n) is 19.8. The minimum atomic E-state index is -0.331. The van der Waals surface area contributed by atoms with Crippen molar-refractivity contribution in [3.8, 4) is 0 Å². The lowest BCUT2D eigenvalue weighted by Gasteiger charge is -2.47. The van der Waals surface area contributed by atoms with Crippen LogP contribution >= 0.6 is 0 Å². The number of rotatable bonds is 4. The largest absolute Gasteiger partial charge is 0.345 e. The summed E-state index contributed by atoms with van der Waals surface area (Å²) in [4.78, 5) is 37.3. The standard InChI is InChI=1S/C27H34N4O2/c1-3-21-6-8-23(9-7-21)24(32)31-15-10-26(11-16-31)19-30(18-22-5-4-13-28-17-22)20-27(26)12-14-29(2)25(27)33/h4-9,13,17H,3,10-12,14-16,18-20H2,1-2H3. The molecule has 1 unspecified atom stereocenters. The number of hydrogen-bond acceptors (Lipinski definition) is 4. The maximum atomic E-state index is 13.5. The Hall–Kier alpha value is -2.73. The number of carbonyl (C=O) groups is 2. The van der Waals surface area contributed by atoms with Crippen molar-refractivity contribution in [2.45, 2.75) is 39.2 Å². The second-order valence-electron chi connectivity index (χ2n) is 10.2. The Balaban J connectivity index is 1.35. The van der Waals surface area contributed by atoms with Crippen LogP contribution < -0.4 is 0 Å². The summed E-state index contributed by atoms with van der Waals surface area (Å²) < 4.78 is 0. The first-order valence-corrected chi connectivity index (χ1v) is 12.2. The number of piperidine rings is 1. The van der Waals surface area contributed by atoms with E-state index in [-0.39, 0.29) is 16.7 Å². The van der Waals surface area contributed by atoms with Gasteiger partial charge in [0.05, 0.1) is 5.41 Å². The summed E-state index contributed by atoms with van der Waals surface area (Å²) in [5.41, 5.74) is 2.79. The zero-order chi connectivity index (χ0) is 23.1. The van der Waals surface area contributed by atoms with Gasteiger partial charge in [0, 0.05) is 69.7 Å². The van der Waals surface area contributed by atoms with Crippen LogP contribution in [0.5, 0.6) is 0 Å². The van der Waals surface area contributed by atoms with E-state index in [1.54, 1.807) is 6.20 Å². The average Bonchev–Trinajstić information content (AvgIpc) is 3.31. The molecule has 0 radical (unpaired) electrons. The number of fused-ring (bicyclic) bond motifs is 1. The Bertz CT molecular complexity index is 1010. The van der Waals surface area contributed by atoms with Crippen LogP contribution in [0.25, 0.3) is 0 Å². The Morgan fingerprint density at radius 1 is 1.00 bits per heavy atom. The second kappa shape index (κ2) is 8.56. The molecule has 33 heavy (non-hydrogen) atoms. The molecule has 1 aromatic heterocycles. The SMILES string of the molecule is CCc1ccc(C(=O)N2CCC3(CC2)CN(Cc2cccnc2)CC32CCN(C)C2=O)cc1. The molecule has 0 aliphatic carbocycles. The van der Waals surface area contributed by atoms with Gasteiger partial charge in [-0.2, -0.15) is 0 Å². The molecule has 2 spiro atoms. The predicted molar refractivity (Wildman–Crippen MR) is 128 cm³/mol. The van der Waals surface area contributed by atoms with Gasteiger partial charge in [0.25, 0.3) is 5.91 Å². The third-order valence-electron chi connectivity index (χ3n) is 8.41. The number of nitrogens with zero attached hydrogens (tertiary/aromatic N) is 4. The van der Waals surface area contributed by atoms with Gasteiger partial charge >= 0.3 is 0 Å². The number of benzene rings is 1. The summed E-state index contributed by atoms with van der Waals surface area (Å²) >= 11 is 0. The molecule has 3 fully saturated rings. The van der Waals surface area contributed by atoms with E-state index in [2.05, 4.69) is 22.9 Å². The summed E-state index contributed by atoms with van der Waals surface area (Å²) in [7, 11) is 1.94. The van der Waals surface area contributed by atoms with Crippen LogP contribution in [0.4, 0.5) is 0 Å². The quantitative estimate of drug-likeness (QED) is 0.724. The van der Waals surface area contributed by atoms with Gasteiger partial charge in [-0.25, -0.2) is 0 Å². The topological polar surface area (TPSA) is 56.8 Å². The third kappa shape index (κ3) is 3.74. The first kappa shape index (κ1) is 22.1. The molecule has 3 aliphatic rings. The number of pyridine rings is 1. The lowest BCUT2D eigenvalue weighted by atomic mass is 9.60. The fourth-order valence-electron chi connectivity index (χ4n) is 6.46. The molecule has 0 bridgehead atoms. The molecule has 6 nitrogen and oxygen atoms in total. The van der Waals surface area contributed by atoms with Gasteiger partial charge in [-0.3, -0.25) is 19.5 Å². The molecule has 2 aromatic rings. The van der Waals surface area contributed by atoms with Crippen LogP contribution in [-0.2, 0) is 17.8 Å². The Morgan fingerprint density at radius 2 is 1.76 bits per heavy atom. The predicted octanol–water partition coefficient (Wildman–Crippen LogP) is 3.23. The smallest absolute Gasteiger partial charge is 0.253 e. The van der Waals surface area contributed by atoms with Crippen molar-refractivity contribution < 1.29 is 9.59 Å². The Morgan fingerprint density at radius 3 is 2.36 bits per heavy atom. The van der Waals surface area contributed by atoms with Gasteiger partial charge < -0.3 is 9.80 Å². The van der Waals surface area contributed by atoms with Crippen molar-refractivity contribution in [1.82, 2.24) is 19.7 Å². The normalized spacial score (nSPS) is 24.8. The summed E-state index contributed by atoms with van der Waals surface area (Å²) in [5, 5.41) is 0. The third-order valence-corrected chi connectivity index (χ3v) is 8.41. The molecular weight excluding hydrogens is 412 g/mol. The van der Waals surface area contributed by atoms with Crippen LogP contribution in [0.3, 0.4) is 0 Å². The summed E-state index contributed by atoms with van der Waals surface area (Å²) in [6, 6.07) is 12.1. The maximum absolute atomic E-state index is 13.5. The van der Waals surface area contributed by atoms with E-state index in [0.29, 0.717) is 19.0 Å². The Kier molecular flexibility index (Phi) is 5.73. The number of amides is 2. The number of aryl methyl sites for hydroxylation is 1. The van der Waals surface area contributed by atoms with Crippen molar-refractivity contribution >= 4 is 11.8 Å². The molecule has 4 heterocycles. The van der Waals surface area contributed by atoms with E-state index in [0.717, 1.165) is 57.4 Å². The lowest BCUT2D eigenvalue weighted by molar-refractivity contribution is -0.141. The molecular formula is C27H34N4O2. The first-order chi connectivity index (χ1) is 16.0. The summed E-state index contributed by atoms with van der Waals surface area (Å²) in [6.07, 6.45) is 7.38. The second-order valence-corrected chi connectivity index (χ2v) is 10.2. The molecule has 5 rings (SSSR count). The highest BCUT2D eigenvalue weighted by atomic mass is 16.2. The van der Waals surface area contributed by atoms with Gasteiger partial charge in [-0.05, 0) is 55.0 Å². The number of aromatic nitrogens is 1. The number of likely N-dealkylation sites (tertiary alicyclic amines) is 3. The van der Waals surface area contributed by atoms with E-state index in [4.69, 9.17) is 0 Å². The molecule has 1 aromatic carbocycles. The fraction of sp³-hybridized carbons (Fsp3) is 0.519. The van der Waals surface area contributed by atoms with Crippen LogP contribution in [0.2, 0.25) is 0 Å². The zero-order valence-corrected chi connectivity index (χ0v) is 19.8. The van der Waals surface area contributed by atoms with E-state index in [1.165, 1.54) is 11.1 Å². The molecule has 3 aliphatic heterocycles. The van der Waals surface area contributed by atoms with Crippen molar-refractivity contribution in [3.05, 3.63) is 65.5 Å². The van der Waals surface area contributed by atoms with E-state index >= 15 is 0 Å². The fourth-order valence-corrected chi connectivity index (χ4v) is 6.46. The molecule has 2 amide bonds. The molecule has 3 saturated heterocycles. The number of hydrogen-bond donors (Lipinski definition) is 0. The minimum absolute atomic E-state index is 0.0695. The van der Waals surface area contributed by atoms with Gasteiger partial charge in [-0.1, -0.05) is 25.1 Å². The van der Waals surface area contributed by atoms with E-state index in [1.807, 2.05) is 53.4 Å². The average molecular weight is 447 g/mol. The van der Waals surface area contributed by atoms with Crippen LogP contribution in [0, 0.1) is 10.8 Å². The van der Waals surface area contributed by atoms with Crippen LogP contribution in [0.1, 0.15) is 47.7 Å². The van der Waals surface area contributed by atoms with Gasteiger partial charge in [0.15, 0.2) is 0 Å². The molecule has 6 heteroatoms. The highest BCUT2D eigenvalue weighted by molar-refractivity contribution is 5.94. The molecule has 0 saturated carbocycles. The van der Waals surface area contributed by atoms with Gasteiger partial charge in [-0.15, -0.1) is 0 Å². The summed E-state index contributed by atoms with van der Waals surface area (Å²) in [6.45, 7) is 6.92. The molecule has 1 atom stereocenters. The summed E-state index contributed by atoms with van der Waals surface area (Å²) in [5.74, 6) is 0.410. The molecule has 174 valence electrons. The highest BCUT2D eigenvalue weighted by Gasteiger charge is 2.64. The first-order valence-electron chi connectivity index (χ1n) is 12.2. The minimum Gasteiger partial charge on any atom is -0.345 e. The lowest BCUT2D eigenvalue weighted by Crippen LogP contribution is -2.53. The number of carbonyl (C=O) groups excluding carboxylic acids is 2. The van der Waals surface area contributed by atoms with Crippen LogP contribution in [-0.4, -0.2) is 71.3 Å². The van der Waals surface area contributed by atoms with E-state index < -0.39 is 0 Å².